The van der Waals surface area contributed by atoms with Gasteiger partial charge in [0, 0.05) is 22.4 Å². The highest BCUT2D eigenvalue weighted by Gasteiger charge is 2.19. The van der Waals surface area contributed by atoms with Crippen molar-refractivity contribution in [1.82, 2.24) is 4.57 Å². The average Bonchev–Trinajstić information content (AvgIpc) is 3.78. The quantitative estimate of drug-likeness (QED) is 0.0747. The normalized spacial score (nSPS) is 11.2. The highest BCUT2D eigenvalue weighted by atomic mass is 79.9. The molecule has 1 aliphatic rings. The van der Waals surface area contributed by atoms with Crippen molar-refractivity contribution < 1.29 is 1.43 Å². The minimum absolute atomic E-state index is 0. The van der Waals surface area contributed by atoms with Gasteiger partial charge in [0.05, 0.1) is 11.0 Å². The molecule has 1 heterocycles. The van der Waals surface area contributed by atoms with Crippen LogP contribution in [0.25, 0.3) is 38.6 Å². The summed E-state index contributed by atoms with van der Waals surface area (Å²) in [5.74, 6) is 1.89. The van der Waals surface area contributed by atoms with E-state index in [9.17, 15) is 0 Å². The van der Waals surface area contributed by atoms with Crippen molar-refractivity contribution in [3.05, 3.63) is 221 Å². The number of nitrogens with zero attached hydrogens (tertiary/aromatic N) is 1. The van der Waals surface area contributed by atoms with Gasteiger partial charge in [0.2, 0.25) is 0 Å². The van der Waals surface area contributed by atoms with Gasteiger partial charge >= 0.3 is 0 Å². The Morgan fingerprint density at radius 3 is 1.27 bits per heavy atom. The third-order valence-corrected chi connectivity index (χ3v) is 11.9. The third-order valence-electron chi connectivity index (χ3n) is 10.8. The maximum absolute atomic E-state index is 4.33. The summed E-state index contributed by atoms with van der Waals surface area (Å²) < 4.78 is 3.52. The van der Waals surface area contributed by atoms with Gasteiger partial charge in [0.1, 0.15) is 0 Å². The second-order valence-corrected chi connectivity index (χ2v) is 16.9. The number of aromatic nitrogens is 1. The van der Waals surface area contributed by atoms with Crippen LogP contribution in [0.1, 0.15) is 58.8 Å². The first kappa shape index (κ1) is 43.8. The fraction of sp³-hybridized carbons (Fsp3) is 0.200. The number of hydrogen-bond acceptors (Lipinski definition) is 2. The molecular formula is C55H58BrNS2. The molecule has 0 spiro atoms. The van der Waals surface area contributed by atoms with E-state index in [2.05, 4.69) is 193 Å². The summed E-state index contributed by atoms with van der Waals surface area (Å²) in [4.78, 5) is 0. The lowest BCUT2D eigenvalue weighted by Gasteiger charge is -2.09. The fourth-order valence-electron chi connectivity index (χ4n) is 7.86. The van der Waals surface area contributed by atoms with Gasteiger partial charge in [-0.15, -0.1) is 26.3 Å². The van der Waals surface area contributed by atoms with Gasteiger partial charge in [-0.25, -0.2) is 0 Å². The Morgan fingerprint density at radius 1 is 0.492 bits per heavy atom. The molecule has 0 aliphatic heterocycles. The smallest absolute Gasteiger partial charge is 0.0541 e. The lowest BCUT2D eigenvalue weighted by molar-refractivity contribution is 0.935. The topological polar surface area (TPSA) is 4.93 Å². The van der Waals surface area contributed by atoms with Crippen LogP contribution < -0.4 is 0 Å². The minimum atomic E-state index is 0. The van der Waals surface area contributed by atoms with Gasteiger partial charge < -0.3 is 4.57 Å². The number of fused-ring (bicyclic) bond motifs is 6. The standard InChI is InChI=1S/C27H27NS.C19H18.C9H11BrS.H2/c1-3-6-21-11-15-26-24(18-21)25-19-22(7-4-2)12-16-27(25)28(26)23-13-9-20(10-14-23)8-5-17-29;1-3-5-14-7-9-16-13-17-10-8-15(6-4-2)12-19(17)18(16)11-14;10-9-5-3-8(4-6-9)2-1-7-11;/h3-4,9-16,18-19,29H,1-2,5-8,17H2;3-4,7-12H,1-2,5-6,13H2;3-6,11H,1-2,7H2;1H. The SMILES string of the molecule is C=CCc1ccc2c(c1)-c1cc(CC=C)ccc1C2.C=CCc1ccc2c(c1)c1cc(CC=C)ccc1n2-c1ccc(CCCS)cc1.SCCCc1ccc(Br)cc1.[HH]. The number of benzene rings is 6. The first-order valence-electron chi connectivity index (χ1n) is 20.7. The summed E-state index contributed by atoms with van der Waals surface area (Å²) in [5, 5.41) is 2.59. The molecule has 302 valence electrons. The van der Waals surface area contributed by atoms with E-state index in [1.54, 1.807) is 0 Å². The zero-order valence-electron chi connectivity index (χ0n) is 34.2. The Kier molecular flexibility index (Phi) is 16.4. The molecule has 1 aliphatic carbocycles. The molecule has 1 nitrogen and oxygen atoms in total. The molecule has 59 heavy (non-hydrogen) atoms. The fourth-order valence-corrected chi connectivity index (χ4v) is 8.44. The highest BCUT2D eigenvalue weighted by molar-refractivity contribution is 9.10. The van der Waals surface area contributed by atoms with Crippen LogP contribution in [0, 0.1) is 0 Å². The lowest BCUT2D eigenvalue weighted by Crippen LogP contribution is -1.95. The number of thiol groups is 2. The summed E-state index contributed by atoms with van der Waals surface area (Å²) in [6.07, 6.45) is 17.0. The molecule has 0 saturated heterocycles. The third kappa shape index (κ3) is 11.3. The van der Waals surface area contributed by atoms with E-state index in [0.717, 1.165) is 73.8 Å². The first-order valence-corrected chi connectivity index (χ1v) is 22.7. The Balaban J connectivity index is 0.000000189. The first-order chi connectivity index (χ1) is 28.9. The number of aryl methyl sites for hydroxylation is 2. The predicted molar refractivity (Wildman–Crippen MR) is 272 cm³/mol. The van der Waals surface area contributed by atoms with Crippen LogP contribution in [-0.4, -0.2) is 16.1 Å². The van der Waals surface area contributed by atoms with Gasteiger partial charge in [-0.2, -0.15) is 25.3 Å². The molecule has 0 amide bonds. The predicted octanol–water partition coefficient (Wildman–Crippen LogP) is 15.4. The molecule has 8 rings (SSSR count). The van der Waals surface area contributed by atoms with Gasteiger partial charge in [0.25, 0.3) is 0 Å². The van der Waals surface area contributed by atoms with E-state index in [1.807, 2.05) is 24.3 Å². The van der Waals surface area contributed by atoms with E-state index in [-0.39, 0.29) is 1.43 Å². The van der Waals surface area contributed by atoms with Gasteiger partial charge in [-0.05, 0) is 173 Å². The van der Waals surface area contributed by atoms with Gasteiger partial charge in [0.15, 0.2) is 0 Å². The van der Waals surface area contributed by atoms with Crippen molar-refractivity contribution in [2.45, 2.75) is 57.8 Å². The molecule has 0 radical (unpaired) electrons. The summed E-state index contributed by atoms with van der Waals surface area (Å²) >= 11 is 11.9. The Labute approximate surface area is 373 Å². The lowest BCUT2D eigenvalue weighted by atomic mass is 9.99. The Hall–Kier alpha value is -4.74. The maximum atomic E-state index is 4.33. The molecule has 0 saturated carbocycles. The minimum Gasteiger partial charge on any atom is -0.309 e. The molecule has 0 atom stereocenters. The molecule has 0 unspecified atom stereocenters. The Morgan fingerprint density at radius 2 is 0.864 bits per heavy atom. The molecule has 0 fully saturated rings. The molecule has 6 aromatic carbocycles. The van der Waals surface area contributed by atoms with Crippen molar-refractivity contribution >= 4 is 63.0 Å². The zero-order valence-corrected chi connectivity index (χ0v) is 37.6. The summed E-state index contributed by atoms with van der Waals surface area (Å²) in [6.45, 7) is 15.4. The average molecular weight is 877 g/mol. The van der Waals surface area contributed by atoms with Crippen molar-refractivity contribution in [1.29, 1.82) is 0 Å². The van der Waals surface area contributed by atoms with Gasteiger partial charge in [-0.1, -0.05) is 113 Å². The number of halogens is 1. The molecule has 0 bridgehead atoms. The van der Waals surface area contributed by atoms with E-state index < -0.39 is 0 Å². The number of hydrogen-bond donors (Lipinski definition) is 2. The van der Waals surface area contributed by atoms with E-state index in [4.69, 9.17) is 0 Å². The van der Waals surface area contributed by atoms with E-state index >= 15 is 0 Å². The highest BCUT2D eigenvalue weighted by Crippen LogP contribution is 2.38. The van der Waals surface area contributed by atoms with Crippen molar-refractivity contribution in [2.75, 3.05) is 11.5 Å². The van der Waals surface area contributed by atoms with Crippen molar-refractivity contribution in [3.63, 3.8) is 0 Å². The maximum Gasteiger partial charge on any atom is 0.0541 e. The zero-order chi connectivity index (χ0) is 41.6. The van der Waals surface area contributed by atoms with Crippen LogP contribution in [0.5, 0.6) is 0 Å². The second-order valence-electron chi connectivity index (χ2n) is 15.1. The van der Waals surface area contributed by atoms with Crippen molar-refractivity contribution in [3.8, 4) is 16.8 Å². The van der Waals surface area contributed by atoms with Crippen molar-refractivity contribution in [2.24, 2.45) is 0 Å². The van der Waals surface area contributed by atoms with Crippen LogP contribution in [-0.2, 0) is 44.9 Å². The van der Waals surface area contributed by atoms with E-state index in [1.165, 1.54) is 83.1 Å². The largest absolute Gasteiger partial charge is 0.309 e. The van der Waals surface area contributed by atoms with Crippen LogP contribution in [0.3, 0.4) is 0 Å². The van der Waals surface area contributed by atoms with Crippen LogP contribution in [0.15, 0.2) is 176 Å². The molecular weight excluding hydrogens is 819 g/mol. The van der Waals surface area contributed by atoms with E-state index in [0.29, 0.717) is 0 Å². The van der Waals surface area contributed by atoms with Crippen LogP contribution in [0.4, 0.5) is 0 Å². The summed E-state index contributed by atoms with van der Waals surface area (Å²) in [7, 11) is 0. The number of rotatable bonds is 15. The summed E-state index contributed by atoms with van der Waals surface area (Å²) in [5.41, 5.74) is 17.4. The molecule has 1 aromatic heterocycles. The molecule has 0 N–H and O–H groups in total. The molecule has 4 heteroatoms. The monoisotopic (exact) mass is 875 g/mol. The Bertz CT molecular complexity index is 2410. The second kappa shape index (κ2) is 22.0. The van der Waals surface area contributed by atoms with Gasteiger partial charge in [-0.3, -0.25) is 0 Å². The number of allylic oxidation sites excluding steroid dienone is 4. The van der Waals surface area contributed by atoms with Crippen LogP contribution in [0.2, 0.25) is 0 Å². The van der Waals surface area contributed by atoms with Crippen LogP contribution >= 0.6 is 41.2 Å². The summed E-state index contributed by atoms with van der Waals surface area (Å²) in [6, 6.07) is 44.6. The molecule has 7 aromatic rings.